The van der Waals surface area contributed by atoms with Gasteiger partial charge in [0.05, 0.1) is 18.3 Å². The number of hydrogen-bond donors (Lipinski definition) is 1. The van der Waals surface area contributed by atoms with Crippen LogP contribution < -0.4 is 5.32 Å². The number of hydrogen-bond acceptors (Lipinski definition) is 4. The van der Waals surface area contributed by atoms with E-state index in [-0.39, 0.29) is 30.1 Å². The maximum atomic E-state index is 12.3. The number of carbonyl (C=O) groups is 2. The fourth-order valence-corrected chi connectivity index (χ4v) is 3.17. The minimum absolute atomic E-state index is 0.0744. The van der Waals surface area contributed by atoms with E-state index in [1.807, 2.05) is 44.2 Å². The van der Waals surface area contributed by atoms with E-state index in [0.29, 0.717) is 19.4 Å². The van der Waals surface area contributed by atoms with Crippen LogP contribution in [0.1, 0.15) is 45.1 Å². The first-order valence-corrected chi connectivity index (χ1v) is 8.52. The number of carbonyl (C=O) groups excluding carboxylic acids is 2. The van der Waals surface area contributed by atoms with Crippen molar-refractivity contribution in [2.45, 2.75) is 45.1 Å². The van der Waals surface area contributed by atoms with Crippen LogP contribution in [0.25, 0.3) is 0 Å². The quantitative estimate of drug-likeness (QED) is 0.893. The number of benzene rings is 1. The molecule has 0 spiro atoms. The monoisotopic (exact) mass is 338 g/mol. The molecule has 0 bridgehead atoms. The predicted molar refractivity (Wildman–Crippen MR) is 93.4 cm³/mol. The van der Waals surface area contributed by atoms with E-state index in [0.717, 1.165) is 11.3 Å². The van der Waals surface area contributed by atoms with E-state index in [1.54, 1.807) is 0 Å². The number of rotatable bonds is 5. The standard InChI is InChI=1S/C19H22N4O2/c1-18(2)12-19(18,13-20)21-16(24)8-9-17(25)23-11-10-15(22-23)14-6-4-3-5-7-14/h3-7H,8-12H2,1-2H3,(H,21,24). The lowest BCUT2D eigenvalue weighted by Gasteiger charge is -2.15. The molecule has 6 heteroatoms. The zero-order valence-corrected chi connectivity index (χ0v) is 14.6. The Bertz CT molecular complexity index is 763. The maximum absolute atomic E-state index is 12.3. The summed E-state index contributed by atoms with van der Waals surface area (Å²) in [5.41, 5.74) is 0.925. The van der Waals surface area contributed by atoms with Gasteiger partial charge >= 0.3 is 0 Å². The molecule has 1 unspecified atom stereocenters. The zero-order valence-electron chi connectivity index (χ0n) is 14.6. The van der Waals surface area contributed by atoms with Crippen LogP contribution in [0, 0.1) is 16.7 Å². The summed E-state index contributed by atoms with van der Waals surface area (Å²) in [5, 5.41) is 17.9. The molecule has 1 aromatic carbocycles. The SMILES string of the molecule is CC1(C)CC1(C#N)NC(=O)CCC(=O)N1CCC(c2ccccc2)=N1. The molecular formula is C19H22N4O2. The van der Waals surface area contributed by atoms with Gasteiger partial charge in [0.1, 0.15) is 5.54 Å². The molecule has 0 saturated heterocycles. The van der Waals surface area contributed by atoms with Crippen LogP contribution in [0.15, 0.2) is 35.4 Å². The van der Waals surface area contributed by atoms with Crippen LogP contribution in [-0.2, 0) is 9.59 Å². The van der Waals surface area contributed by atoms with E-state index in [9.17, 15) is 14.9 Å². The van der Waals surface area contributed by atoms with Gasteiger partial charge in [0, 0.05) is 24.7 Å². The van der Waals surface area contributed by atoms with E-state index in [1.165, 1.54) is 5.01 Å². The average molecular weight is 338 g/mol. The van der Waals surface area contributed by atoms with Crippen LogP contribution >= 0.6 is 0 Å². The first-order valence-electron chi connectivity index (χ1n) is 8.52. The number of nitrogens with one attached hydrogen (secondary N) is 1. The first-order chi connectivity index (χ1) is 11.9. The number of hydrazone groups is 1. The minimum atomic E-state index is -0.778. The van der Waals surface area contributed by atoms with Crippen molar-refractivity contribution in [1.29, 1.82) is 5.26 Å². The lowest BCUT2D eigenvalue weighted by atomic mass is 10.1. The molecule has 1 N–H and O–H groups in total. The summed E-state index contributed by atoms with van der Waals surface area (Å²) in [5.74, 6) is -0.422. The van der Waals surface area contributed by atoms with Crippen molar-refractivity contribution in [2.75, 3.05) is 6.54 Å². The Labute approximate surface area is 147 Å². The van der Waals surface area contributed by atoms with Crippen molar-refractivity contribution in [3.63, 3.8) is 0 Å². The molecule has 1 heterocycles. The van der Waals surface area contributed by atoms with Gasteiger partial charge < -0.3 is 5.32 Å². The van der Waals surface area contributed by atoms with Gasteiger partial charge in [-0.1, -0.05) is 44.2 Å². The average Bonchev–Trinajstić information content (AvgIpc) is 2.96. The summed E-state index contributed by atoms with van der Waals surface area (Å²) in [6.07, 6.45) is 1.53. The summed E-state index contributed by atoms with van der Waals surface area (Å²) >= 11 is 0. The van der Waals surface area contributed by atoms with Gasteiger partial charge in [-0.05, 0) is 12.0 Å². The highest BCUT2D eigenvalue weighted by molar-refractivity contribution is 6.02. The van der Waals surface area contributed by atoms with Crippen LogP contribution in [0.5, 0.6) is 0 Å². The number of nitriles is 1. The lowest BCUT2D eigenvalue weighted by Crippen LogP contribution is -2.39. The summed E-state index contributed by atoms with van der Waals surface area (Å²) in [6.45, 7) is 4.44. The number of amides is 2. The number of nitrogens with zero attached hydrogens (tertiary/aromatic N) is 3. The summed E-state index contributed by atoms with van der Waals surface area (Å²) in [4.78, 5) is 24.4. The summed E-state index contributed by atoms with van der Waals surface area (Å²) in [7, 11) is 0. The molecule has 1 atom stereocenters. The Hall–Kier alpha value is -2.68. The second-order valence-corrected chi connectivity index (χ2v) is 7.31. The predicted octanol–water partition coefficient (Wildman–Crippen LogP) is 2.21. The Morgan fingerprint density at radius 3 is 2.56 bits per heavy atom. The lowest BCUT2D eigenvalue weighted by molar-refractivity contribution is -0.133. The van der Waals surface area contributed by atoms with Crippen molar-refractivity contribution in [3.8, 4) is 6.07 Å². The molecule has 0 aromatic heterocycles. The fourth-order valence-electron chi connectivity index (χ4n) is 3.17. The van der Waals surface area contributed by atoms with Crippen molar-refractivity contribution in [3.05, 3.63) is 35.9 Å². The van der Waals surface area contributed by atoms with Gasteiger partial charge in [0.25, 0.3) is 0 Å². The van der Waals surface area contributed by atoms with Crippen LogP contribution in [-0.4, -0.2) is 34.6 Å². The van der Waals surface area contributed by atoms with Gasteiger partial charge in [-0.2, -0.15) is 10.4 Å². The molecule has 1 aliphatic heterocycles. The molecule has 130 valence electrons. The molecule has 2 aliphatic rings. The second-order valence-electron chi connectivity index (χ2n) is 7.31. The Morgan fingerprint density at radius 1 is 1.28 bits per heavy atom. The molecule has 3 rings (SSSR count). The topological polar surface area (TPSA) is 85.6 Å². The highest BCUT2D eigenvalue weighted by Gasteiger charge is 2.63. The molecule has 6 nitrogen and oxygen atoms in total. The maximum Gasteiger partial charge on any atom is 0.243 e. The summed E-state index contributed by atoms with van der Waals surface area (Å²) in [6, 6.07) is 12.0. The highest BCUT2D eigenvalue weighted by atomic mass is 16.2. The van der Waals surface area contributed by atoms with Gasteiger partial charge in [0.2, 0.25) is 11.8 Å². The van der Waals surface area contributed by atoms with Crippen molar-refractivity contribution < 1.29 is 9.59 Å². The van der Waals surface area contributed by atoms with Crippen molar-refractivity contribution in [2.24, 2.45) is 10.5 Å². The molecule has 1 aliphatic carbocycles. The molecule has 1 fully saturated rings. The smallest absolute Gasteiger partial charge is 0.243 e. The van der Waals surface area contributed by atoms with Crippen molar-refractivity contribution in [1.82, 2.24) is 10.3 Å². The van der Waals surface area contributed by atoms with E-state index in [4.69, 9.17) is 0 Å². The van der Waals surface area contributed by atoms with E-state index >= 15 is 0 Å². The third-order valence-corrected chi connectivity index (χ3v) is 5.04. The Kier molecular flexibility index (Phi) is 4.34. The van der Waals surface area contributed by atoms with Crippen LogP contribution in [0.2, 0.25) is 0 Å². The fraction of sp³-hybridized carbons (Fsp3) is 0.474. The molecule has 25 heavy (non-hydrogen) atoms. The molecule has 1 aromatic rings. The zero-order chi connectivity index (χ0) is 18.1. The Morgan fingerprint density at radius 2 is 1.96 bits per heavy atom. The van der Waals surface area contributed by atoms with Gasteiger partial charge in [-0.3, -0.25) is 9.59 Å². The van der Waals surface area contributed by atoms with Gasteiger partial charge in [0.15, 0.2) is 0 Å². The highest BCUT2D eigenvalue weighted by Crippen LogP contribution is 2.55. The third kappa shape index (κ3) is 3.41. The third-order valence-electron chi connectivity index (χ3n) is 5.04. The summed E-state index contributed by atoms with van der Waals surface area (Å²) < 4.78 is 0. The molecule has 0 radical (unpaired) electrons. The van der Waals surface area contributed by atoms with E-state index < -0.39 is 5.54 Å². The Balaban J connectivity index is 1.51. The van der Waals surface area contributed by atoms with Gasteiger partial charge in [-0.25, -0.2) is 5.01 Å². The molecule has 1 saturated carbocycles. The largest absolute Gasteiger partial charge is 0.337 e. The molecular weight excluding hydrogens is 316 g/mol. The van der Waals surface area contributed by atoms with E-state index in [2.05, 4.69) is 16.5 Å². The van der Waals surface area contributed by atoms with Crippen molar-refractivity contribution >= 4 is 17.5 Å². The van der Waals surface area contributed by atoms with Crippen LogP contribution in [0.4, 0.5) is 0 Å². The molecule has 2 amide bonds. The van der Waals surface area contributed by atoms with Gasteiger partial charge in [-0.15, -0.1) is 0 Å². The normalized spacial score (nSPS) is 23.6. The van der Waals surface area contributed by atoms with Crippen LogP contribution in [0.3, 0.4) is 0 Å². The minimum Gasteiger partial charge on any atom is -0.337 e. The second kappa shape index (κ2) is 6.32. The first kappa shape index (κ1) is 17.2.